The third-order valence-corrected chi connectivity index (χ3v) is 9.51. The molecule has 52 heavy (non-hydrogen) atoms. The zero-order valence-electron chi connectivity index (χ0n) is 33.9. The fraction of sp³-hybridized carbons (Fsp3) is 0.795. The molecule has 1 atom stereocenters. The third kappa shape index (κ3) is 28.1. The first-order chi connectivity index (χ1) is 25.5. The van der Waals surface area contributed by atoms with E-state index in [9.17, 15) is 9.59 Å². The molecule has 1 unspecified atom stereocenters. The summed E-state index contributed by atoms with van der Waals surface area (Å²) in [5, 5.41) is 0. The molecule has 0 aliphatic rings. The van der Waals surface area contributed by atoms with Gasteiger partial charge in [0, 0.05) is 32.0 Å². The highest BCUT2D eigenvalue weighted by molar-refractivity contribution is 5.70. The van der Waals surface area contributed by atoms with Crippen LogP contribution in [-0.4, -0.2) is 53.8 Å². The Bertz CT molecular complexity index is 961. The summed E-state index contributed by atoms with van der Waals surface area (Å²) in [6.07, 6.45) is 38.9. The van der Waals surface area contributed by atoms with Crippen LogP contribution < -0.4 is 0 Å². The third-order valence-electron chi connectivity index (χ3n) is 9.51. The average molecular weight is 731 g/mol. The Morgan fingerprint density at radius 3 is 1.77 bits per heavy atom. The van der Waals surface area contributed by atoms with Gasteiger partial charge in [-0.3, -0.25) is 4.79 Å². The van der Waals surface area contributed by atoms with Gasteiger partial charge in [-0.2, -0.15) is 0 Å². The zero-order chi connectivity index (χ0) is 37.7. The van der Waals surface area contributed by atoms with Crippen molar-refractivity contribution in [2.24, 2.45) is 5.92 Å². The van der Waals surface area contributed by atoms with Gasteiger partial charge in [-0.15, -0.1) is 0 Å². The van der Waals surface area contributed by atoms with Crippen LogP contribution in [0.1, 0.15) is 188 Å². The molecule has 8 nitrogen and oxygen atoms in total. The maximum absolute atomic E-state index is 12.7. The van der Waals surface area contributed by atoms with Crippen LogP contribution in [0.5, 0.6) is 0 Å². The lowest BCUT2D eigenvalue weighted by Gasteiger charge is -2.19. The molecule has 0 aliphatic heterocycles. The number of hydrogen-bond acceptors (Lipinski definition) is 7. The minimum atomic E-state index is -0.410. The van der Waals surface area contributed by atoms with Crippen LogP contribution >= 0.6 is 0 Å². The van der Waals surface area contributed by atoms with Gasteiger partial charge in [-0.1, -0.05) is 123 Å². The first-order valence-electron chi connectivity index (χ1n) is 21.4. The van der Waals surface area contributed by atoms with E-state index in [1.165, 1.54) is 75.1 Å². The van der Waals surface area contributed by atoms with Gasteiger partial charge >= 0.3 is 12.1 Å². The van der Waals surface area contributed by atoms with Gasteiger partial charge in [0.15, 0.2) is 6.29 Å². The Balaban J connectivity index is 2.51. The summed E-state index contributed by atoms with van der Waals surface area (Å²) in [5.41, 5.74) is 0. The summed E-state index contributed by atoms with van der Waals surface area (Å²) in [7, 11) is 0. The number of esters is 1. The smallest absolute Gasteiger partial charge is 0.419 e. The molecule has 0 aromatic carbocycles. The van der Waals surface area contributed by atoms with Crippen molar-refractivity contribution in [3.8, 4) is 0 Å². The van der Waals surface area contributed by atoms with Crippen molar-refractivity contribution < 1.29 is 28.5 Å². The highest BCUT2D eigenvalue weighted by Gasteiger charge is 2.18. The van der Waals surface area contributed by atoms with Gasteiger partial charge < -0.3 is 18.9 Å². The molecule has 1 aromatic heterocycles. The first kappa shape index (κ1) is 47.6. The largest absolute Gasteiger partial charge is 0.466 e. The van der Waals surface area contributed by atoms with Gasteiger partial charge in [-0.25, -0.2) is 14.3 Å². The van der Waals surface area contributed by atoms with E-state index in [2.05, 4.69) is 57.0 Å². The number of imidazole rings is 1. The lowest BCUT2D eigenvalue weighted by molar-refractivity contribution is -0.159. The molecule has 1 heterocycles. The second-order valence-electron chi connectivity index (χ2n) is 14.3. The Morgan fingerprint density at radius 1 is 0.635 bits per heavy atom. The molecule has 0 amide bonds. The Hall–Kier alpha value is -2.45. The summed E-state index contributed by atoms with van der Waals surface area (Å²) < 4.78 is 25.0. The maximum Gasteiger partial charge on any atom is 0.419 e. The minimum absolute atomic E-state index is 0.223. The summed E-state index contributed by atoms with van der Waals surface area (Å²) in [4.78, 5) is 29.4. The Kier molecular flexibility index (Phi) is 32.5. The number of unbranched alkanes of at least 4 members (excludes halogenated alkanes) is 10. The maximum atomic E-state index is 12.7. The molecule has 0 saturated carbocycles. The first-order valence-corrected chi connectivity index (χ1v) is 21.4. The van der Waals surface area contributed by atoms with E-state index in [1.807, 2.05) is 0 Å². The van der Waals surface area contributed by atoms with Crippen LogP contribution in [-0.2, 0) is 23.7 Å². The average Bonchev–Trinajstić information content (AvgIpc) is 3.70. The number of aromatic nitrogens is 2. The van der Waals surface area contributed by atoms with E-state index >= 15 is 0 Å². The highest BCUT2D eigenvalue weighted by atomic mass is 16.7. The van der Waals surface area contributed by atoms with Crippen molar-refractivity contribution in [2.75, 3.05) is 19.8 Å². The van der Waals surface area contributed by atoms with E-state index in [-0.39, 0.29) is 18.5 Å². The SMILES string of the molecule is CC/C=C\CCCCOC(CCC(=O)OCCCC(CCCCCC(CCCCC)CCCCC)OC(=O)n1ccnc1)OCCCC/C=C\CC. The lowest BCUT2D eigenvalue weighted by Crippen LogP contribution is -2.23. The topological polar surface area (TPSA) is 88.9 Å². The van der Waals surface area contributed by atoms with Crippen LogP contribution in [0, 0.1) is 5.92 Å². The Labute approximate surface area is 318 Å². The van der Waals surface area contributed by atoms with Gasteiger partial charge in [0.25, 0.3) is 0 Å². The van der Waals surface area contributed by atoms with Gasteiger partial charge in [0.2, 0.25) is 0 Å². The second kappa shape index (κ2) is 35.6. The number of nitrogens with zero attached hydrogens (tertiary/aromatic N) is 2. The number of rotatable bonds is 36. The molecule has 0 saturated heterocycles. The quantitative estimate of drug-likeness (QED) is 0.0294. The molecule has 0 N–H and O–H groups in total. The number of carbonyl (C=O) groups is 2. The molecular weight excluding hydrogens is 652 g/mol. The predicted molar refractivity (Wildman–Crippen MR) is 214 cm³/mol. The van der Waals surface area contributed by atoms with Crippen molar-refractivity contribution in [3.63, 3.8) is 0 Å². The molecule has 0 radical (unpaired) electrons. The van der Waals surface area contributed by atoms with Crippen molar-refractivity contribution in [3.05, 3.63) is 43.0 Å². The van der Waals surface area contributed by atoms with E-state index < -0.39 is 12.4 Å². The predicted octanol–water partition coefficient (Wildman–Crippen LogP) is 12.7. The summed E-state index contributed by atoms with van der Waals surface area (Å²) in [6, 6.07) is 0. The number of hydrogen-bond donors (Lipinski definition) is 0. The van der Waals surface area contributed by atoms with Crippen molar-refractivity contribution >= 4 is 12.1 Å². The van der Waals surface area contributed by atoms with E-state index in [0.717, 1.165) is 76.5 Å². The molecule has 0 spiro atoms. The zero-order valence-corrected chi connectivity index (χ0v) is 33.9. The van der Waals surface area contributed by atoms with E-state index in [0.29, 0.717) is 39.1 Å². The van der Waals surface area contributed by atoms with Gasteiger partial charge in [0.05, 0.1) is 13.0 Å². The standard InChI is InChI=1S/C44H78N2O6/c1-5-9-13-15-17-24-36-50-43(51-37-25-18-16-14-10-6-2)33-32-42(47)49-38-26-31-41(52-44(48)46-35-34-45-39-46)30-23-19-22-29-40(27-20-11-7-3)28-21-12-8-4/h9-10,13-14,34-35,39-41,43H,5-8,11-12,15-33,36-38H2,1-4H3/b13-9-,14-10-. The molecule has 300 valence electrons. The van der Waals surface area contributed by atoms with Gasteiger partial charge in [-0.05, 0) is 83.0 Å². The Morgan fingerprint density at radius 2 is 1.21 bits per heavy atom. The van der Waals surface area contributed by atoms with Crippen LogP contribution in [0.25, 0.3) is 0 Å². The van der Waals surface area contributed by atoms with Crippen LogP contribution in [0.4, 0.5) is 4.79 Å². The monoisotopic (exact) mass is 731 g/mol. The van der Waals surface area contributed by atoms with E-state index in [4.69, 9.17) is 18.9 Å². The van der Waals surface area contributed by atoms with Crippen LogP contribution in [0.3, 0.4) is 0 Å². The van der Waals surface area contributed by atoms with Crippen molar-refractivity contribution in [2.45, 2.75) is 201 Å². The van der Waals surface area contributed by atoms with Crippen molar-refractivity contribution in [1.29, 1.82) is 0 Å². The van der Waals surface area contributed by atoms with Crippen LogP contribution in [0.2, 0.25) is 0 Å². The number of ether oxygens (including phenoxy) is 4. The molecule has 0 fully saturated rings. The summed E-state index contributed by atoms with van der Waals surface area (Å²) in [6.45, 7) is 10.4. The molecule has 1 rings (SSSR count). The fourth-order valence-corrected chi connectivity index (χ4v) is 6.36. The normalized spacial score (nSPS) is 12.5. The minimum Gasteiger partial charge on any atom is -0.466 e. The van der Waals surface area contributed by atoms with Crippen molar-refractivity contribution in [1.82, 2.24) is 9.55 Å². The highest BCUT2D eigenvalue weighted by Crippen LogP contribution is 2.24. The molecule has 0 bridgehead atoms. The number of allylic oxidation sites excluding steroid dienone is 4. The fourth-order valence-electron chi connectivity index (χ4n) is 6.36. The van der Waals surface area contributed by atoms with Gasteiger partial charge in [0.1, 0.15) is 12.4 Å². The summed E-state index contributed by atoms with van der Waals surface area (Å²) in [5.74, 6) is 0.595. The van der Waals surface area contributed by atoms with E-state index in [1.54, 1.807) is 12.4 Å². The second-order valence-corrected chi connectivity index (χ2v) is 14.3. The molecule has 8 heteroatoms. The lowest BCUT2D eigenvalue weighted by atomic mass is 9.90. The molecular formula is C44H78N2O6. The molecule has 0 aliphatic carbocycles. The summed E-state index contributed by atoms with van der Waals surface area (Å²) >= 11 is 0. The molecule has 1 aromatic rings. The van der Waals surface area contributed by atoms with Crippen LogP contribution in [0.15, 0.2) is 43.0 Å². The number of carbonyl (C=O) groups excluding carboxylic acids is 2.